The highest BCUT2D eigenvalue weighted by Gasteiger charge is 2.01. The molecular weight excluding hydrogens is 254 g/mol. The molecule has 4 heteroatoms. The lowest BCUT2D eigenvalue weighted by atomic mass is 10.2. The maximum absolute atomic E-state index is 11.7. The molecule has 0 aliphatic rings. The van der Waals surface area contributed by atoms with Crippen molar-refractivity contribution in [2.24, 2.45) is 0 Å². The second kappa shape index (κ2) is 7.19. The van der Waals surface area contributed by atoms with Crippen molar-refractivity contribution in [3.63, 3.8) is 0 Å². The molecule has 0 atom stereocenters. The first-order chi connectivity index (χ1) is 9.79. The Morgan fingerprint density at radius 3 is 2.90 bits per heavy atom. The third-order valence-corrected chi connectivity index (χ3v) is 2.65. The number of carbonyl (C=O) groups is 1. The van der Waals surface area contributed by atoms with Crippen molar-refractivity contribution in [1.29, 1.82) is 0 Å². The van der Waals surface area contributed by atoms with Crippen molar-refractivity contribution >= 4 is 12.0 Å². The zero-order chi connectivity index (χ0) is 14.2. The van der Waals surface area contributed by atoms with Gasteiger partial charge in [0.15, 0.2) is 0 Å². The van der Waals surface area contributed by atoms with Crippen molar-refractivity contribution in [3.05, 3.63) is 60.1 Å². The molecule has 0 fully saturated rings. The van der Waals surface area contributed by atoms with Crippen LogP contribution in [0.2, 0.25) is 0 Å². The number of rotatable bonds is 6. The highest BCUT2D eigenvalue weighted by Crippen LogP contribution is 2.19. The fourth-order valence-corrected chi connectivity index (χ4v) is 1.72. The summed E-state index contributed by atoms with van der Waals surface area (Å²) in [6, 6.07) is 11.2. The lowest BCUT2D eigenvalue weighted by Gasteiger charge is -2.06. The number of nitrogens with one attached hydrogen (secondary N) is 1. The molecule has 0 unspecified atom stereocenters. The molecular formula is C16H17NO3. The Morgan fingerprint density at radius 1 is 1.30 bits per heavy atom. The van der Waals surface area contributed by atoms with Crippen LogP contribution in [0, 0.1) is 0 Å². The first-order valence-electron chi connectivity index (χ1n) is 6.49. The van der Waals surface area contributed by atoms with E-state index < -0.39 is 0 Å². The van der Waals surface area contributed by atoms with Crippen LogP contribution >= 0.6 is 0 Å². The van der Waals surface area contributed by atoms with Crippen molar-refractivity contribution < 1.29 is 13.9 Å². The standard InChI is InChI=1S/C16H17NO3/c1-2-19-15-8-4-3-6-13(15)9-10-16(18)17-12-14-7-5-11-20-14/h3-11H,2,12H2,1H3,(H,17,18). The van der Waals surface area contributed by atoms with Crippen molar-refractivity contribution in [2.75, 3.05) is 6.61 Å². The van der Waals surface area contributed by atoms with Gasteiger partial charge in [0, 0.05) is 11.6 Å². The third-order valence-electron chi connectivity index (χ3n) is 2.65. The Kier molecular flexibility index (Phi) is 5.00. The summed E-state index contributed by atoms with van der Waals surface area (Å²) in [5.41, 5.74) is 0.877. The summed E-state index contributed by atoms with van der Waals surface area (Å²) in [5.74, 6) is 1.32. The summed E-state index contributed by atoms with van der Waals surface area (Å²) in [7, 11) is 0. The van der Waals surface area contributed by atoms with E-state index in [1.54, 1.807) is 18.4 Å². The fraction of sp³-hybridized carbons (Fsp3) is 0.188. The minimum Gasteiger partial charge on any atom is -0.493 e. The smallest absolute Gasteiger partial charge is 0.244 e. The zero-order valence-corrected chi connectivity index (χ0v) is 11.3. The molecule has 0 aliphatic heterocycles. The number of hydrogen-bond acceptors (Lipinski definition) is 3. The van der Waals surface area contributed by atoms with Crippen LogP contribution in [0.3, 0.4) is 0 Å². The summed E-state index contributed by atoms with van der Waals surface area (Å²) < 4.78 is 10.6. The molecule has 20 heavy (non-hydrogen) atoms. The van der Waals surface area contributed by atoms with Crippen LogP contribution in [0.5, 0.6) is 5.75 Å². The average Bonchev–Trinajstić information content (AvgIpc) is 2.98. The number of hydrogen-bond donors (Lipinski definition) is 1. The molecule has 104 valence electrons. The van der Waals surface area contributed by atoms with Crippen LogP contribution in [0.1, 0.15) is 18.2 Å². The minimum atomic E-state index is -0.173. The van der Waals surface area contributed by atoms with Crippen LogP contribution < -0.4 is 10.1 Å². The van der Waals surface area contributed by atoms with Gasteiger partial charge in [-0.1, -0.05) is 18.2 Å². The molecule has 1 N–H and O–H groups in total. The number of furan rings is 1. The van der Waals surface area contributed by atoms with Gasteiger partial charge in [0.1, 0.15) is 11.5 Å². The second-order valence-corrected chi connectivity index (χ2v) is 4.10. The Morgan fingerprint density at radius 2 is 2.15 bits per heavy atom. The number of amides is 1. The van der Waals surface area contributed by atoms with Gasteiger partial charge in [-0.15, -0.1) is 0 Å². The number of benzene rings is 1. The average molecular weight is 271 g/mol. The predicted molar refractivity (Wildman–Crippen MR) is 77.2 cm³/mol. The largest absolute Gasteiger partial charge is 0.493 e. The topological polar surface area (TPSA) is 51.5 Å². The summed E-state index contributed by atoms with van der Waals surface area (Å²) in [6.07, 6.45) is 4.80. The quantitative estimate of drug-likeness (QED) is 0.822. The lowest BCUT2D eigenvalue weighted by molar-refractivity contribution is -0.116. The van der Waals surface area contributed by atoms with E-state index in [-0.39, 0.29) is 5.91 Å². The molecule has 0 saturated carbocycles. The van der Waals surface area contributed by atoms with E-state index in [0.717, 1.165) is 17.1 Å². The highest BCUT2D eigenvalue weighted by atomic mass is 16.5. The van der Waals surface area contributed by atoms with Gasteiger partial charge >= 0.3 is 0 Å². The second-order valence-electron chi connectivity index (χ2n) is 4.10. The maximum Gasteiger partial charge on any atom is 0.244 e. The monoisotopic (exact) mass is 271 g/mol. The summed E-state index contributed by atoms with van der Waals surface area (Å²) in [6.45, 7) is 2.90. The van der Waals surface area contributed by atoms with Gasteiger partial charge < -0.3 is 14.5 Å². The van der Waals surface area contributed by atoms with E-state index >= 15 is 0 Å². The molecule has 0 saturated heterocycles. The molecule has 1 aromatic carbocycles. The molecule has 0 bridgehead atoms. The van der Waals surface area contributed by atoms with Gasteiger partial charge in [0.2, 0.25) is 5.91 Å². The summed E-state index contributed by atoms with van der Waals surface area (Å²) in [5, 5.41) is 2.75. The molecule has 4 nitrogen and oxygen atoms in total. The van der Waals surface area contributed by atoms with Gasteiger partial charge in [0.05, 0.1) is 19.4 Å². The predicted octanol–water partition coefficient (Wildman–Crippen LogP) is 3.01. The third kappa shape index (κ3) is 4.02. The van der Waals surface area contributed by atoms with Gasteiger partial charge in [0.25, 0.3) is 0 Å². The molecule has 0 aliphatic carbocycles. The van der Waals surface area contributed by atoms with E-state index in [9.17, 15) is 4.79 Å². The normalized spacial score (nSPS) is 10.7. The SMILES string of the molecule is CCOc1ccccc1C=CC(=O)NCc1ccco1. The lowest BCUT2D eigenvalue weighted by Crippen LogP contribution is -2.19. The number of para-hydroxylation sites is 1. The first kappa shape index (κ1) is 13.9. The van der Waals surface area contributed by atoms with Crippen molar-refractivity contribution in [2.45, 2.75) is 13.5 Å². The number of ether oxygens (including phenoxy) is 1. The molecule has 0 spiro atoms. The summed E-state index contributed by atoms with van der Waals surface area (Å²) in [4.78, 5) is 11.7. The van der Waals surface area contributed by atoms with E-state index in [2.05, 4.69) is 5.32 Å². The van der Waals surface area contributed by atoms with Crippen LogP contribution in [-0.2, 0) is 11.3 Å². The van der Waals surface area contributed by atoms with Crippen LogP contribution in [0.15, 0.2) is 53.2 Å². The molecule has 1 heterocycles. The van der Waals surface area contributed by atoms with E-state index in [0.29, 0.717) is 13.2 Å². The highest BCUT2D eigenvalue weighted by molar-refractivity contribution is 5.92. The number of carbonyl (C=O) groups excluding carboxylic acids is 1. The van der Waals surface area contributed by atoms with Crippen LogP contribution in [-0.4, -0.2) is 12.5 Å². The van der Waals surface area contributed by atoms with Crippen molar-refractivity contribution in [1.82, 2.24) is 5.32 Å². The Labute approximate surface area is 118 Å². The fourth-order valence-electron chi connectivity index (χ4n) is 1.72. The van der Waals surface area contributed by atoms with Gasteiger partial charge in [-0.05, 0) is 31.2 Å². The van der Waals surface area contributed by atoms with E-state index in [1.807, 2.05) is 37.3 Å². The van der Waals surface area contributed by atoms with Gasteiger partial charge in [-0.3, -0.25) is 4.79 Å². The minimum absolute atomic E-state index is 0.173. The van der Waals surface area contributed by atoms with Gasteiger partial charge in [-0.25, -0.2) is 0 Å². The Bertz CT molecular complexity index is 573. The van der Waals surface area contributed by atoms with Crippen LogP contribution in [0.25, 0.3) is 6.08 Å². The van der Waals surface area contributed by atoms with Crippen LogP contribution in [0.4, 0.5) is 0 Å². The Balaban J connectivity index is 1.93. The van der Waals surface area contributed by atoms with Gasteiger partial charge in [-0.2, -0.15) is 0 Å². The Hall–Kier alpha value is -2.49. The molecule has 2 aromatic rings. The summed E-state index contributed by atoms with van der Waals surface area (Å²) >= 11 is 0. The molecule has 1 aromatic heterocycles. The maximum atomic E-state index is 11.7. The first-order valence-corrected chi connectivity index (χ1v) is 6.49. The zero-order valence-electron chi connectivity index (χ0n) is 11.3. The van der Waals surface area contributed by atoms with Crippen molar-refractivity contribution in [3.8, 4) is 5.75 Å². The molecule has 2 rings (SSSR count). The van der Waals surface area contributed by atoms with E-state index in [1.165, 1.54) is 6.08 Å². The molecule has 0 radical (unpaired) electrons. The van der Waals surface area contributed by atoms with E-state index in [4.69, 9.17) is 9.15 Å². The molecule has 1 amide bonds.